The minimum Gasteiger partial charge on any atom is -0.465 e. The van der Waals surface area contributed by atoms with Crippen LogP contribution in [0.4, 0.5) is 0 Å². The number of ether oxygens (including phenoxy) is 8. The number of pyridine rings is 1. The molecule has 0 amide bonds. The molecule has 5 rings (SSSR count). The Hall–Kier alpha value is -4.72. The lowest BCUT2D eigenvalue weighted by Gasteiger charge is -2.67. The summed E-state index contributed by atoms with van der Waals surface area (Å²) in [5.41, 5.74) is -12.7. The highest BCUT2D eigenvalue weighted by molar-refractivity contribution is 5.90. The third-order valence-electron chi connectivity index (χ3n) is 10.9. The Morgan fingerprint density at radius 1 is 0.855 bits per heavy atom. The monoisotopic (exact) mass is 779 g/mol. The number of esters is 7. The molecule has 55 heavy (non-hydrogen) atoms. The number of nitrogens with zero attached hydrogens (tertiary/aromatic N) is 1. The van der Waals surface area contributed by atoms with E-state index in [2.05, 4.69) is 4.98 Å². The average molecular weight is 780 g/mol. The van der Waals surface area contributed by atoms with Gasteiger partial charge in [-0.25, -0.2) is 9.59 Å². The fourth-order valence-corrected chi connectivity index (χ4v) is 8.87. The third-order valence-corrected chi connectivity index (χ3v) is 10.9. The number of carbonyl (C=O) groups excluding carboxylic acids is 7. The Morgan fingerprint density at radius 2 is 1.44 bits per heavy atom. The predicted molar refractivity (Wildman–Crippen MR) is 177 cm³/mol. The lowest BCUT2D eigenvalue weighted by Crippen LogP contribution is -2.89. The molecule has 0 radical (unpaired) electrons. The quantitative estimate of drug-likeness (QED) is 0.240. The van der Waals surface area contributed by atoms with Crippen molar-refractivity contribution in [2.45, 2.75) is 127 Å². The third kappa shape index (κ3) is 6.69. The second-order valence-electron chi connectivity index (χ2n) is 15.0. The van der Waals surface area contributed by atoms with Crippen molar-refractivity contribution >= 4 is 41.8 Å². The van der Waals surface area contributed by atoms with E-state index in [-0.39, 0.29) is 17.7 Å². The number of rotatable bonds is 6. The van der Waals surface area contributed by atoms with Crippen molar-refractivity contribution in [3.8, 4) is 0 Å². The predicted octanol–water partition coefficient (Wildman–Crippen LogP) is -0.593. The molecule has 1 aromatic heterocycles. The molecule has 2 aliphatic heterocycles. The van der Waals surface area contributed by atoms with Crippen LogP contribution < -0.4 is 0 Å². The van der Waals surface area contributed by atoms with Crippen LogP contribution in [0, 0.1) is 11.3 Å². The minimum atomic E-state index is -2.89. The SMILES string of the molecule is CC(=O)OC[C@]12[C@H](OC(C)=O)[C@H](OC(C)=O)[C@@H]3[C@@H](OC(C)=O)[C@@]14O[C@@]3(C)COC(=O)c1cccnc1CCC(C)(O)C(=O)O[C@@H]([C@H](O)[C@@H]2OC(C)=O)C4(C)O. The summed E-state index contributed by atoms with van der Waals surface area (Å²) in [5.74, 6) is -9.11. The molecule has 2 unspecified atom stereocenters. The molecular weight excluding hydrogens is 734 g/mol. The first-order valence-electron chi connectivity index (χ1n) is 17.4. The highest BCUT2D eigenvalue weighted by Gasteiger charge is 2.91. The van der Waals surface area contributed by atoms with Gasteiger partial charge in [-0.3, -0.25) is 29.0 Å². The largest absolute Gasteiger partial charge is 0.465 e. The Bertz CT molecular complexity index is 1780. The minimum absolute atomic E-state index is 0.0737. The zero-order chi connectivity index (χ0) is 41.1. The molecule has 1 spiro atoms. The number of hydrogen-bond acceptors (Lipinski definition) is 19. The first-order chi connectivity index (χ1) is 25.5. The summed E-state index contributed by atoms with van der Waals surface area (Å²) in [4.78, 5) is 96.7. The highest BCUT2D eigenvalue weighted by Crippen LogP contribution is 2.70. The van der Waals surface area contributed by atoms with Gasteiger partial charge in [-0.15, -0.1) is 0 Å². The van der Waals surface area contributed by atoms with E-state index in [0.29, 0.717) is 0 Å². The highest BCUT2D eigenvalue weighted by atomic mass is 16.7. The summed E-state index contributed by atoms with van der Waals surface area (Å²) < 4.78 is 47.4. The van der Waals surface area contributed by atoms with Gasteiger partial charge >= 0.3 is 41.8 Å². The van der Waals surface area contributed by atoms with Gasteiger partial charge in [-0.05, 0) is 45.7 Å². The molecule has 2 aliphatic carbocycles. The number of aromatic nitrogens is 1. The lowest BCUT2D eigenvalue weighted by molar-refractivity contribution is -0.387. The number of aliphatic hydroxyl groups is 3. The van der Waals surface area contributed by atoms with Gasteiger partial charge in [0.15, 0.2) is 23.4 Å². The molecule has 19 heteroatoms. The van der Waals surface area contributed by atoms with Crippen molar-refractivity contribution in [1.29, 1.82) is 0 Å². The van der Waals surface area contributed by atoms with Gasteiger partial charge in [0, 0.05) is 40.8 Å². The van der Waals surface area contributed by atoms with Crippen molar-refractivity contribution < 1.29 is 86.8 Å². The molecule has 4 aliphatic rings. The van der Waals surface area contributed by atoms with Crippen LogP contribution in [0.5, 0.6) is 0 Å². The summed E-state index contributed by atoms with van der Waals surface area (Å²) in [6.07, 6.45) is -11.7. The lowest BCUT2D eigenvalue weighted by atomic mass is 9.45. The molecule has 3 heterocycles. The summed E-state index contributed by atoms with van der Waals surface area (Å²) in [6.45, 7) is 6.46. The number of hydrogen-bond donors (Lipinski definition) is 3. The smallest absolute Gasteiger partial charge is 0.340 e. The van der Waals surface area contributed by atoms with Gasteiger partial charge in [-0.1, -0.05) is 0 Å². The van der Waals surface area contributed by atoms with Gasteiger partial charge in [-0.2, -0.15) is 0 Å². The van der Waals surface area contributed by atoms with Gasteiger partial charge in [0.1, 0.15) is 54.2 Å². The molecule has 2 saturated carbocycles. The molecule has 19 nitrogen and oxygen atoms in total. The molecule has 3 fully saturated rings. The summed E-state index contributed by atoms with van der Waals surface area (Å²) in [5, 5.41) is 36.8. The number of aliphatic hydroxyl groups excluding tert-OH is 1. The second kappa shape index (κ2) is 14.4. The van der Waals surface area contributed by atoms with Crippen LogP contribution in [-0.2, 0) is 73.1 Å². The van der Waals surface area contributed by atoms with Crippen LogP contribution >= 0.6 is 0 Å². The maximum atomic E-state index is 13.9. The summed E-state index contributed by atoms with van der Waals surface area (Å²) >= 11 is 0. The standard InChI is InChI=1S/C36H45NO18/c1-16(38)48-15-35-28(52-19(4)41)24(43)27-34(8,47)36(35)26(51-18(3)40)23(25(50-17(2)39)29(35)53-20(5)42)33(7,55-36)14-49-30(44)21-10-9-13-37-22(21)11-12-32(6,46)31(45)54-27/h9-10,13,23-29,43,46-47H,11-12,14-15H2,1-8H3/t23-,24+,25-,26-,27+,28+,29-,32?,33+,34?,35+,36+/m1/s1. The maximum absolute atomic E-state index is 13.9. The van der Waals surface area contributed by atoms with E-state index >= 15 is 0 Å². The van der Waals surface area contributed by atoms with Crippen LogP contribution in [0.1, 0.15) is 77.9 Å². The molecule has 3 N–H and O–H groups in total. The zero-order valence-corrected chi connectivity index (χ0v) is 31.5. The molecule has 302 valence electrons. The van der Waals surface area contributed by atoms with E-state index < -0.39 is 132 Å². The maximum Gasteiger partial charge on any atom is 0.340 e. The van der Waals surface area contributed by atoms with Crippen molar-refractivity contribution in [2.75, 3.05) is 13.2 Å². The Morgan fingerprint density at radius 3 is 2.02 bits per heavy atom. The van der Waals surface area contributed by atoms with E-state index in [1.54, 1.807) is 0 Å². The van der Waals surface area contributed by atoms with Crippen LogP contribution in [0.3, 0.4) is 0 Å². The van der Waals surface area contributed by atoms with E-state index in [1.807, 2.05) is 0 Å². The topological polar surface area (TPSA) is 267 Å². The molecule has 0 aromatic carbocycles. The van der Waals surface area contributed by atoms with Gasteiger partial charge < -0.3 is 53.2 Å². The Balaban J connectivity index is 1.95. The van der Waals surface area contributed by atoms with E-state index in [4.69, 9.17) is 37.9 Å². The van der Waals surface area contributed by atoms with Gasteiger partial charge in [0.2, 0.25) is 0 Å². The molecular formula is C36H45NO18. The fraction of sp³-hybridized carbons (Fsp3) is 0.667. The second-order valence-corrected chi connectivity index (χ2v) is 15.0. The van der Waals surface area contributed by atoms with Gasteiger partial charge in [0.25, 0.3) is 0 Å². The summed E-state index contributed by atoms with van der Waals surface area (Å²) in [6, 6.07) is 2.82. The van der Waals surface area contributed by atoms with Crippen LogP contribution in [0.25, 0.3) is 0 Å². The summed E-state index contributed by atoms with van der Waals surface area (Å²) in [7, 11) is 0. The van der Waals surface area contributed by atoms with E-state index in [0.717, 1.165) is 48.5 Å². The van der Waals surface area contributed by atoms with E-state index in [9.17, 15) is 48.9 Å². The first-order valence-corrected chi connectivity index (χ1v) is 17.4. The number of fused-ring (bicyclic) bond motifs is 5. The van der Waals surface area contributed by atoms with Crippen LogP contribution in [0.15, 0.2) is 18.3 Å². The van der Waals surface area contributed by atoms with E-state index in [1.165, 1.54) is 25.3 Å². The first kappa shape index (κ1) is 41.4. The van der Waals surface area contributed by atoms with Crippen LogP contribution in [0.2, 0.25) is 0 Å². The molecule has 12 atom stereocenters. The Kier molecular flexibility index (Phi) is 10.9. The Labute approximate surface area is 314 Å². The number of carbonyl (C=O) groups is 7. The fourth-order valence-electron chi connectivity index (χ4n) is 8.87. The van der Waals surface area contributed by atoms with Crippen molar-refractivity contribution in [2.24, 2.45) is 11.3 Å². The van der Waals surface area contributed by atoms with Crippen molar-refractivity contribution in [1.82, 2.24) is 4.98 Å². The number of aryl methyl sites for hydroxylation is 1. The zero-order valence-electron chi connectivity index (χ0n) is 31.5. The average Bonchev–Trinajstić information content (AvgIpc) is 3.29. The normalized spacial score (nSPS) is 39.5. The van der Waals surface area contributed by atoms with Crippen molar-refractivity contribution in [3.05, 3.63) is 29.6 Å². The number of cyclic esters (lactones) is 1. The van der Waals surface area contributed by atoms with Gasteiger partial charge in [0.05, 0.1) is 17.2 Å². The molecule has 4 bridgehead atoms. The van der Waals surface area contributed by atoms with Crippen molar-refractivity contribution in [3.63, 3.8) is 0 Å². The van der Waals surface area contributed by atoms with Crippen LogP contribution in [-0.4, -0.2) is 134 Å². The molecule has 1 saturated heterocycles. The molecule has 1 aromatic rings.